The Balaban J connectivity index is 1.51. The van der Waals surface area contributed by atoms with E-state index in [2.05, 4.69) is 25.2 Å². The van der Waals surface area contributed by atoms with Crippen molar-refractivity contribution in [2.24, 2.45) is 0 Å². The Labute approximate surface area is 184 Å². The molecule has 0 aliphatic carbocycles. The van der Waals surface area contributed by atoms with Crippen molar-refractivity contribution in [3.63, 3.8) is 0 Å². The van der Waals surface area contributed by atoms with Gasteiger partial charge in [0.05, 0.1) is 6.20 Å². The van der Waals surface area contributed by atoms with Crippen molar-refractivity contribution in [2.75, 3.05) is 11.9 Å². The molecule has 166 valence electrons. The molecule has 32 heavy (non-hydrogen) atoms. The van der Waals surface area contributed by atoms with Crippen LogP contribution in [0.15, 0.2) is 47.2 Å². The molecule has 0 fully saturated rings. The monoisotopic (exact) mass is 448 g/mol. The van der Waals surface area contributed by atoms with Gasteiger partial charge in [-0.1, -0.05) is 17.3 Å². The Morgan fingerprint density at radius 1 is 1.31 bits per heavy atom. The number of halogens is 3. The second kappa shape index (κ2) is 8.42. The minimum Gasteiger partial charge on any atom is -0.362 e. The standard InChI is InChI=1S/C21H18F3N5O3/c1-12-5-6-29-16(9-25-17(29)7-12)20(30)26-15-8-14(4-3-13(15)2)19-27-18(32-28-19)10-31-11-21(22,23)24/h3-9H,10-11H2,1-2H3,(H,26,30)/i1D3. The van der Waals surface area contributed by atoms with Gasteiger partial charge in [0.25, 0.3) is 11.8 Å². The molecule has 0 unspecified atom stereocenters. The van der Waals surface area contributed by atoms with E-state index in [9.17, 15) is 18.0 Å². The van der Waals surface area contributed by atoms with Gasteiger partial charge in [0, 0.05) is 21.6 Å². The van der Waals surface area contributed by atoms with Crippen LogP contribution in [-0.2, 0) is 11.3 Å². The highest BCUT2D eigenvalue weighted by Gasteiger charge is 2.27. The summed E-state index contributed by atoms with van der Waals surface area (Å²) in [6.07, 6.45) is -1.67. The van der Waals surface area contributed by atoms with Crippen molar-refractivity contribution in [2.45, 2.75) is 26.6 Å². The van der Waals surface area contributed by atoms with E-state index in [-0.39, 0.29) is 23.0 Å². The number of rotatable bonds is 6. The molecule has 11 heteroatoms. The van der Waals surface area contributed by atoms with Gasteiger partial charge >= 0.3 is 6.18 Å². The third kappa shape index (κ3) is 4.78. The summed E-state index contributed by atoms with van der Waals surface area (Å²) < 4.78 is 70.1. The van der Waals surface area contributed by atoms with Gasteiger partial charge in [0.15, 0.2) is 0 Å². The molecule has 0 atom stereocenters. The van der Waals surface area contributed by atoms with Crippen LogP contribution in [0.1, 0.15) is 31.6 Å². The molecule has 1 amide bonds. The third-order valence-corrected chi connectivity index (χ3v) is 4.45. The third-order valence-electron chi connectivity index (χ3n) is 4.45. The van der Waals surface area contributed by atoms with Crippen molar-refractivity contribution in [1.29, 1.82) is 0 Å². The maximum absolute atomic E-state index is 12.9. The second-order valence-electron chi connectivity index (χ2n) is 6.89. The molecule has 0 aliphatic heterocycles. The van der Waals surface area contributed by atoms with Gasteiger partial charge in [0.1, 0.15) is 24.6 Å². The molecule has 0 spiro atoms. The highest BCUT2D eigenvalue weighted by molar-refractivity contribution is 6.04. The van der Waals surface area contributed by atoms with Gasteiger partial charge < -0.3 is 14.6 Å². The molecule has 0 saturated carbocycles. The van der Waals surface area contributed by atoms with Crippen molar-refractivity contribution in [1.82, 2.24) is 19.5 Å². The zero-order chi connectivity index (χ0) is 25.4. The Kier molecular flexibility index (Phi) is 4.71. The lowest BCUT2D eigenvalue weighted by Gasteiger charge is -2.09. The topological polar surface area (TPSA) is 94.5 Å². The lowest BCUT2D eigenvalue weighted by atomic mass is 10.1. The summed E-state index contributed by atoms with van der Waals surface area (Å²) in [5.41, 5.74) is 2.21. The van der Waals surface area contributed by atoms with Crippen LogP contribution in [-0.4, -0.2) is 38.2 Å². The number of nitrogens with zero attached hydrogens (tertiary/aromatic N) is 4. The molecule has 1 aromatic carbocycles. The summed E-state index contributed by atoms with van der Waals surface area (Å²) in [6.45, 7) is -2.47. The van der Waals surface area contributed by atoms with Gasteiger partial charge in [-0.25, -0.2) is 4.98 Å². The number of alkyl halides is 3. The van der Waals surface area contributed by atoms with E-state index in [0.717, 1.165) is 5.56 Å². The van der Waals surface area contributed by atoms with E-state index in [0.29, 0.717) is 16.9 Å². The lowest BCUT2D eigenvalue weighted by Crippen LogP contribution is -2.16. The molecule has 4 aromatic rings. The molecule has 0 aliphatic rings. The quantitative estimate of drug-likeness (QED) is 0.472. The van der Waals surface area contributed by atoms with E-state index in [1.54, 1.807) is 25.1 Å². The van der Waals surface area contributed by atoms with E-state index in [4.69, 9.17) is 8.64 Å². The van der Waals surface area contributed by atoms with Gasteiger partial charge in [-0.05, 0) is 43.1 Å². The summed E-state index contributed by atoms with van der Waals surface area (Å²) >= 11 is 0. The van der Waals surface area contributed by atoms with Gasteiger partial charge in [-0.3, -0.25) is 9.20 Å². The first kappa shape index (κ1) is 17.9. The Morgan fingerprint density at radius 3 is 2.94 bits per heavy atom. The number of aryl methyl sites for hydroxylation is 2. The summed E-state index contributed by atoms with van der Waals surface area (Å²) in [4.78, 5) is 21.1. The molecule has 0 radical (unpaired) electrons. The van der Waals surface area contributed by atoms with Crippen LogP contribution in [0.5, 0.6) is 0 Å². The fraction of sp³-hybridized carbons (Fsp3) is 0.238. The minimum absolute atomic E-state index is 0.106. The molecular formula is C21H18F3N5O3. The van der Waals surface area contributed by atoms with Crippen LogP contribution in [0.2, 0.25) is 0 Å². The Morgan fingerprint density at radius 2 is 2.16 bits per heavy atom. The first-order valence-corrected chi connectivity index (χ1v) is 9.28. The number of anilines is 1. The molecule has 0 saturated heterocycles. The van der Waals surface area contributed by atoms with Crippen molar-refractivity contribution in [3.8, 4) is 11.4 Å². The SMILES string of the molecule is [2H]C([2H])([2H])c1ccn2c(C(=O)Nc3cc(-c4noc(COCC(F)(F)F)n4)ccc3C)cnc2c1. The van der Waals surface area contributed by atoms with Crippen LogP contribution >= 0.6 is 0 Å². The number of fused-ring (bicyclic) bond motifs is 1. The summed E-state index contributed by atoms with van der Waals surface area (Å²) in [5.74, 6) is -0.510. The molecular weight excluding hydrogens is 427 g/mol. The van der Waals surface area contributed by atoms with Crippen molar-refractivity contribution in [3.05, 3.63) is 65.4 Å². The summed E-state index contributed by atoms with van der Waals surface area (Å²) in [5, 5.41) is 6.52. The number of carbonyl (C=O) groups is 1. The Bertz CT molecular complexity index is 1380. The average Bonchev–Trinajstić information content (AvgIpc) is 3.40. The predicted molar refractivity (Wildman–Crippen MR) is 108 cm³/mol. The first-order valence-electron chi connectivity index (χ1n) is 10.8. The van der Waals surface area contributed by atoms with E-state index in [1.165, 1.54) is 28.9 Å². The second-order valence-corrected chi connectivity index (χ2v) is 6.89. The van der Waals surface area contributed by atoms with E-state index >= 15 is 0 Å². The normalized spacial score (nSPS) is 13.6. The van der Waals surface area contributed by atoms with Crippen LogP contribution in [0, 0.1) is 13.8 Å². The number of pyridine rings is 1. The lowest BCUT2D eigenvalue weighted by molar-refractivity contribution is -0.178. The maximum Gasteiger partial charge on any atom is 0.411 e. The number of amides is 1. The fourth-order valence-electron chi connectivity index (χ4n) is 2.92. The smallest absolute Gasteiger partial charge is 0.362 e. The Hall–Kier alpha value is -3.73. The number of hydrogen-bond donors (Lipinski definition) is 1. The molecule has 0 bridgehead atoms. The zero-order valence-electron chi connectivity index (χ0n) is 19.6. The number of nitrogens with one attached hydrogen (secondary N) is 1. The number of aromatic nitrogens is 4. The summed E-state index contributed by atoms with van der Waals surface area (Å²) in [7, 11) is 0. The first-order chi connectivity index (χ1) is 16.4. The number of ether oxygens (including phenoxy) is 1. The highest BCUT2D eigenvalue weighted by Crippen LogP contribution is 2.25. The van der Waals surface area contributed by atoms with Crippen LogP contribution in [0.3, 0.4) is 0 Å². The minimum atomic E-state index is -4.47. The van der Waals surface area contributed by atoms with Crippen molar-refractivity contribution < 1.29 is 31.3 Å². The number of hydrogen-bond acceptors (Lipinski definition) is 6. The average molecular weight is 448 g/mol. The van der Waals surface area contributed by atoms with Crippen LogP contribution in [0.25, 0.3) is 17.0 Å². The number of carbonyl (C=O) groups excluding carboxylic acids is 1. The molecule has 1 N–H and O–H groups in total. The molecule has 3 aromatic heterocycles. The zero-order valence-corrected chi connectivity index (χ0v) is 16.6. The molecule has 4 rings (SSSR count). The van der Waals surface area contributed by atoms with Gasteiger partial charge in [-0.15, -0.1) is 0 Å². The largest absolute Gasteiger partial charge is 0.411 e. The highest BCUT2D eigenvalue weighted by atomic mass is 19.4. The van der Waals surface area contributed by atoms with Crippen molar-refractivity contribution >= 4 is 17.2 Å². The van der Waals surface area contributed by atoms with E-state index < -0.39 is 32.1 Å². The number of imidazole rings is 1. The van der Waals surface area contributed by atoms with E-state index in [1.807, 2.05) is 0 Å². The van der Waals surface area contributed by atoms with Crippen LogP contribution in [0.4, 0.5) is 18.9 Å². The van der Waals surface area contributed by atoms with Gasteiger partial charge in [-0.2, -0.15) is 18.2 Å². The number of benzene rings is 1. The predicted octanol–water partition coefficient (Wildman–Crippen LogP) is 4.33. The van der Waals surface area contributed by atoms with Crippen LogP contribution < -0.4 is 5.32 Å². The molecule has 3 heterocycles. The fourth-order valence-corrected chi connectivity index (χ4v) is 2.92. The molecule has 8 nitrogen and oxygen atoms in total. The maximum atomic E-state index is 12.9. The summed E-state index contributed by atoms with van der Waals surface area (Å²) in [6, 6.07) is 7.76. The van der Waals surface area contributed by atoms with Gasteiger partial charge in [0.2, 0.25) is 5.82 Å².